The first-order chi connectivity index (χ1) is 8.11. The van der Waals surface area contributed by atoms with Gasteiger partial charge in [-0.1, -0.05) is 6.07 Å². The summed E-state index contributed by atoms with van der Waals surface area (Å²) in [6.07, 6.45) is 0. The van der Waals surface area contributed by atoms with Crippen LogP contribution in [0.15, 0.2) is 23.0 Å². The lowest BCUT2D eigenvalue weighted by Crippen LogP contribution is -2.23. The van der Waals surface area contributed by atoms with Crippen LogP contribution in [-0.4, -0.2) is 22.5 Å². The fraction of sp³-hybridized carbons (Fsp3) is 0.273. The number of hydrogen-bond acceptors (Lipinski definition) is 4. The van der Waals surface area contributed by atoms with Crippen LogP contribution in [0.4, 0.5) is 0 Å². The van der Waals surface area contributed by atoms with E-state index < -0.39 is 12.0 Å². The molecule has 90 valence electrons. The van der Waals surface area contributed by atoms with Crippen molar-refractivity contribution in [1.82, 2.24) is 9.97 Å². The van der Waals surface area contributed by atoms with Crippen molar-refractivity contribution in [2.75, 3.05) is 6.61 Å². The van der Waals surface area contributed by atoms with Gasteiger partial charge >= 0.3 is 11.7 Å². The van der Waals surface area contributed by atoms with Gasteiger partial charge in [0.2, 0.25) is 0 Å². The molecule has 0 aliphatic heterocycles. The zero-order valence-electron chi connectivity index (χ0n) is 9.32. The van der Waals surface area contributed by atoms with Crippen LogP contribution in [0.2, 0.25) is 0 Å². The number of carbonyl (C=O) groups excluding carboxylic acids is 1. The van der Waals surface area contributed by atoms with E-state index in [1.54, 1.807) is 25.1 Å². The lowest BCUT2D eigenvalue weighted by molar-refractivity contribution is -0.144. The molecule has 4 N–H and O–H groups in total. The lowest BCUT2D eigenvalue weighted by Gasteiger charge is -2.10. The smallest absolute Gasteiger partial charge is 0.327 e. The zero-order chi connectivity index (χ0) is 12.4. The number of rotatable bonds is 3. The molecule has 17 heavy (non-hydrogen) atoms. The van der Waals surface area contributed by atoms with Gasteiger partial charge in [-0.15, -0.1) is 0 Å². The number of benzene rings is 1. The maximum absolute atomic E-state index is 11.5. The monoisotopic (exact) mass is 235 g/mol. The van der Waals surface area contributed by atoms with Gasteiger partial charge in [0.25, 0.3) is 0 Å². The topological polar surface area (TPSA) is 101 Å². The van der Waals surface area contributed by atoms with Gasteiger partial charge < -0.3 is 20.4 Å². The van der Waals surface area contributed by atoms with Crippen molar-refractivity contribution < 1.29 is 9.53 Å². The maximum Gasteiger partial charge on any atom is 0.327 e. The Balaban J connectivity index is 2.35. The number of esters is 1. The Morgan fingerprint density at radius 2 is 2.12 bits per heavy atom. The third kappa shape index (κ3) is 2.21. The summed E-state index contributed by atoms with van der Waals surface area (Å²) in [5, 5.41) is 0. The van der Waals surface area contributed by atoms with Gasteiger partial charge in [-0.05, 0) is 24.6 Å². The summed E-state index contributed by atoms with van der Waals surface area (Å²) >= 11 is 0. The van der Waals surface area contributed by atoms with E-state index in [0.29, 0.717) is 16.6 Å². The van der Waals surface area contributed by atoms with Gasteiger partial charge in [0.05, 0.1) is 17.6 Å². The van der Waals surface area contributed by atoms with Crippen molar-refractivity contribution >= 4 is 17.0 Å². The van der Waals surface area contributed by atoms with Crippen molar-refractivity contribution in [3.63, 3.8) is 0 Å². The minimum atomic E-state index is -0.835. The molecule has 0 bridgehead atoms. The number of nitrogens with one attached hydrogen (secondary N) is 2. The van der Waals surface area contributed by atoms with Crippen LogP contribution in [0.5, 0.6) is 0 Å². The third-order valence-electron chi connectivity index (χ3n) is 2.44. The highest BCUT2D eigenvalue weighted by Crippen LogP contribution is 2.16. The molecule has 2 aromatic rings. The van der Waals surface area contributed by atoms with Crippen molar-refractivity contribution in [2.45, 2.75) is 13.0 Å². The highest BCUT2D eigenvalue weighted by Gasteiger charge is 2.17. The first-order valence-corrected chi connectivity index (χ1v) is 5.26. The molecule has 1 aromatic carbocycles. The predicted octanol–water partition coefficient (Wildman–Crippen LogP) is 0.419. The summed E-state index contributed by atoms with van der Waals surface area (Å²) in [4.78, 5) is 27.7. The first kappa shape index (κ1) is 11.4. The molecule has 6 heteroatoms. The van der Waals surface area contributed by atoms with Gasteiger partial charge in [0, 0.05) is 0 Å². The van der Waals surface area contributed by atoms with Gasteiger partial charge in [0.15, 0.2) is 0 Å². The van der Waals surface area contributed by atoms with Crippen molar-refractivity contribution in [2.24, 2.45) is 5.73 Å². The summed E-state index contributed by atoms with van der Waals surface area (Å²) in [5.74, 6) is -0.482. The summed E-state index contributed by atoms with van der Waals surface area (Å²) in [7, 11) is 0. The van der Waals surface area contributed by atoms with Crippen molar-refractivity contribution in [3.8, 4) is 0 Å². The standard InChI is InChI=1S/C11H13N3O3/c1-2-17-10(15)9(12)6-3-4-7-8(5-6)14-11(16)13-7/h3-5,9H,2,12H2,1H3,(H2,13,14,16). The number of nitrogens with two attached hydrogens (primary N) is 1. The molecular formula is C11H13N3O3. The second-order valence-corrected chi connectivity index (χ2v) is 3.61. The normalized spacial score (nSPS) is 12.6. The molecule has 1 heterocycles. The van der Waals surface area contributed by atoms with E-state index in [-0.39, 0.29) is 12.3 Å². The van der Waals surface area contributed by atoms with E-state index in [9.17, 15) is 9.59 Å². The Labute approximate surface area is 96.8 Å². The van der Waals surface area contributed by atoms with Crippen LogP contribution in [0.3, 0.4) is 0 Å². The molecule has 1 atom stereocenters. The number of aromatic nitrogens is 2. The number of fused-ring (bicyclic) bond motifs is 1. The predicted molar refractivity (Wildman–Crippen MR) is 62.5 cm³/mol. The van der Waals surface area contributed by atoms with Crippen LogP contribution < -0.4 is 11.4 Å². The second-order valence-electron chi connectivity index (χ2n) is 3.61. The number of ether oxygens (including phenoxy) is 1. The minimum absolute atomic E-state index is 0.287. The van der Waals surface area contributed by atoms with Crippen LogP contribution in [0.25, 0.3) is 11.0 Å². The Morgan fingerprint density at radius 3 is 2.82 bits per heavy atom. The second kappa shape index (κ2) is 4.42. The third-order valence-corrected chi connectivity index (χ3v) is 2.44. The van der Waals surface area contributed by atoms with Crippen LogP contribution in [-0.2, 0) is 9.53 Å². The summed E-state index contributed by atoms with van der Waals surface area (Å²) < 4.78 is 4.83. The molecule has 0 radical (unpaired) electrons. The van der Waals surface area contributed by atoms with E-state index in [0.717, 1.165) is 0 Å². The molecule has 0 spiro atoms. The molecule has 0 saturated heterocycles. The average Bonchev–Trinajstić information content (AvgIpc) is 2.67. The van der Waals surface area contributed by atoms with E-state index in [2.05, 4.69) is 9.97 Å². The van der Waals surface area contributed by atoms with Gasteiger partial charge in [0.1, 0.15) is 6.04 Å². The Bertz CT molecular complexity index is 599. The van der Waals surface area contributed by atoms with Crippen molar-refractivity contribution in [1.29, 1.82) is 0 Å². The van der Waals surface area contributed by atoms with Crippen LogP contribution in [0.1, 0.15) is 18.5 Å². The Hall–Kier alpha value is -2.08. The van der Waals surface area contributed by atoms with E-state index in [1.807, 2.05) is 0 Å². The largest absolute Gasteiger partial charge is 0.465 e. The molecule has 0 aliphatic rings. The van der Waals surface area contributed by atoms with E-state index in [1.165, 1.54) is 0 Å². The molecular weight excluding hydrogens is 222 g/mol. The highest BCUT2D eigenvalue weighted by molar-refractivity contribution is 5.81. The number of imidazole rings is 1. The van der Waals surface area contributed by atoms with Crippen LogP contribution in [0, 0.1) is 0 Å². The molecule has 0 aliphatic carbocycles. The van der Waals surface area contributed by atoms with Gasteiger partial charge in [-0.25, -0.2) is 9.59 Å². The molecule has 2 rings (SSSR count). The van der Waals surface area contributed by atoms with E-state index >= 15 is 0 Å². The van der Waals surface area contributed by atoms with Gasteiger partial charge in [-0.3, -0.25) is 0 Å². The molecule has 0 saturated carbocycles. The first-order valence-electron chi connectivity index (χ1n) is 5.26. The molecule has 1 aromatic heterocycles. The SMILES string of the molecule is CCOC(=O)C(N)c1ccc2[nH]c(=O)[nH]c2c1. The molecule has 1 unspecified atom stereocenters. The van der Waals surface area contributed by atoms with E-state index in [4.69, 9.17) is 10.5 Å². The molecule has 6 nitrogen and oxygen atoms in total. The quantitative estimate of drug-likeness (QED) is 0.671. The Morgan fingerprint density at radius 1 is 1.41 bits per heavy atom. The average molecular weight is 235 g/mol. The highest BCUT2D eigenvalue weighted by atomic mass is 16.5. The number of carbonyl (C=O) groups is 1. The number of aromatic amines is 2. The minimum Gasteiger partial charge on any atom is -0.465 e. The zero-order valence-corrected chi connectivity index (χ0v) is 9.32. The number of hydrogen-bond donors (Lipinski definition) is 3. The maximum atomic E-state index is 11.5. The molecule has 0 fully saturated rings. The lowest BCUT2D eigenvalue weighted by atomic mass is 10.1. The van der Waals surface area contributed by atoms with Gasteiger partial charge in [-0.2, -0.15) is 0 Å². The van der Waals surface area contributed by atoms with Crippen LogP contribution >= 0.6 is 0 Å². The number of H-pyrrole nitrogens is 2. The summed E-state index contributed by atoms with van der Waals surface area (Å²) in [6, 6.07) is 4.21. The summed E-state index contributed by atoms with van der Waals surface area (Å²) in [5.41, 5.74) is 7.35. The fourth-order valence-corrected chi connectivity index (χ4v) is 1.61. The molecule has 0 amide bonds. The van der Waals surface area contributed by atoms with Crippen molar-refractivity contribution in [3.05, 3.63) is 34.2 Å². The summed E-state index contributed by atoms with van der Waals surface area (Å²) in [6.45, 7) is 2.01. The Kier molecular flexibility index (Phi) is 2.97. The fourth-order valence-electron chi connectivity index (χ4n) is 1.61.